The number of piperazine rings is 1. The van der Waals surface area contributed by atoms with Crippen molar-refractivity contribution in [2.75, 3.05) is 53.0 Å². The summed E-state index contributed by atoms with van der Waals surface area (Å²) in [4.78, 5) is 37.4. The highest BCUT2D eigenvalue weighted by Gasteiger charge is 2.33. The molecule has 0 unspecified atom stereocenters. The first-order valence-electron chi connectivity index (χ1n) is 16.2. The number of imidazole rings is 1. The van der Waals surface area contributed by atoms with E-state index in [2.05, 4.69) is 16.0 Å². The van der Waals surface area contributed by atoms with Crippen molar-refractivity contribution in [1.82, 2.24) is 24.1 Å². The van der Waals surface area contributed by atoms with Gasteiger partial charge in [-0.25, -0.2) is 4.98 Å². The third-order valence-electron chi connectivity index (χ3n) is 9.38. The first-order valence-corrected chi connectivity index (χ1v) is 16.2. The van der Waals surface area contributed by atoms with Gasteiger partial charge >= 0.3 is 6.18 Å². The van der Waals surface area contributed by atoms with E-state index in [9.17, 15) is 22.8 Å². The molecule has 0 spiro atoms. The zero-order valence-corrected chi connectivity index (χ0v) is 26.6. The fraction of sp³-hybridized carbons (Fsp3) is 0.361. The van der Waals surface area contributed by atoms with Crippen LogP contribution in [0.25, 0.3) is 23.0 Å². The van der Waals surface area contributed by atoms with Crippen molar-refractivity contribution in [3.63, 3.8) is 0 Å². The lowest BCUT2D eigenvalue weighted by atomic mass is 10.1. The monoisotopic (exact) mass is 659 g/mol. The molecule has 0 N–H and O–H groups in total. The number of amides is 2. The maximum Gasteiger partial charge on any atom is 0.416 e. The SMILES string of the molecule is COc1cc2c(cc1OCCCN1CCN(C(=O)c3nc(-c4ccc(C(F)(F)F)cc4)n4ccccc34)CC1)C=C[C@@H]1CCCN1C2=O. The minimum atomic E-state index is -4.43. The fourth-order valence-electron chi connectivity index (χ4n) is 6.79. The minimum Gasteiger partial charge on any atom is -0.493 e. The second-order valence-electron chi connectivity index (χ2n) is 12.3. The number of halogens is 3. The third kappa shape index (κ3) is 6.12. The van der Waals surface area contributed by atoms with Gasteiger partial charge in [0.25, 0.3) is 11.8 Å². The van der Waals surface area contributed by atoms with Gasteiger partial charge in [-0.2, -0.15) is 13.2 Å². The molecule has 2 amide bonds. The fourth-order valence-corrected chi connectivity index (χ4v) is 6.79. The van der Waals surface area contributed by atoms with Gasteiger partial charge < -0.3 is 19.3 Å². The van der Waals surface area contributed by atoms with Gasteiger partial charge in [0.1, 0.15) is 5.82 Å². The molecule has 2 aromatic carbocycles. The molecule has 0 aliphatic carbocycles. The van der Waals surface area contributed by atoms with Crippen LogP contribution in [0, 0.1) is 0 Å². The Morgan fingerprint density at radius 3 is 2.54 bits per heavy atom. The van der Waals surface area contributed by atoms with E-state index >= 15 is 0 Å². The maximum atomic E-state index is 13.7. The molecule has 2 fully saturated rings. The lowest BCUT2D eigenvalue weighted by Crippen LogP contribution is -2.49. The number of aromatic nitrogens is 2. The molecule has 250 valence electrons. The van der Waals surface area contributed by atoms with Crippen molar-refractivity contribution < 1.29 is 32.2 Å². The van der Waals surface area contributed by atoms with Crippen LogP contribution in [0.2, 0.25) is 0 Å². The van der Waals surface area contributed by atoms with Crippen LogP contribution in [0.4, 0.5) is 13.2 Å². The first kappa shape index (κ1) is 31.7. The van der Waals surface area contributed by atoms with E-state index in [-0.39, 0.29) is 23.6 Å². The zero-order chi connectivity index (χ0) is 33.4. The van der Waals surface area contributed by atoms with Crippen molar-refractivity contribution in [2.45, 2.75) is 31.5 Å². The van der Waals surface area contributed by atoms with Gasteiger partial charge in [-0.1, -0.05) is 30.4 Å². The molecule has 7 rings (SSSR count). The Balaban J connectivity index is 0.951. The first-order chi connectivity index (χ1) is 23.2. The Bertz CT molecular complexity index is 1860. The summed E-state index contributed by atoms with van der Waals surface area (Å²) in [6.07, 6.45) is 4.19. The van der Waals surface area contributed by atoms with Crippen molar-refractivity contribution in [2.24, 2.45) is 0 Å². The second-order valence-corrected chi connectivity index (χ2v) is 12.3. The molecule has 3 aliphatic rings. The normalized spacial score (nSPS) is 18.2. The summed E-state index contributed by atoms with van der Waals surface area (Å²) < 4.78 is 52.8. The topological polar surface area (TPSA) is 79.6 Å². The molecule has 48 heavy (non-hydrogen) atoms. The number of hydrogen-bond donors (Lipinski definition) is 0. The van der Waals surface area contributed by atoms with E-state index < -0.39 is 11.7 Å². The van der Waals surface area contributed by atoms with Crippen LogP contribution in [0.1, 0.15) is 51.2 Å². The van der Waals surface area contributed by atoms with Crippen LogP contribution in [-0.2, 0) is 6.18 Å². The number of nitrogens with zero attached hydrogens (tertiary/aromatic N) is 5. The molecule has 3 aliphatic heterocycles. The summed E-state index contributed by atoms with van der Waals surface area (Å²) in [5, 5.41) is 0. The molecule has 2 saturated heterocycles. The predicted molar refractivity (Wildman–Crippen MR) is 174 cm³/mol. The molecule has 1 atom stereocenters. The van der Waals surface area contributed by atoms with Crippen LogP contribution in [0.3, 0.4) is 0 Å². The Morgan fingerprint density at radius 2 is 1.79 bits per heavy atom. The van der Waals surface area contributed by atoms with E-state index in [1.54, 1.807) is 40.8 Å². The van der Waals surface area contributed by atoms with E-state index in [4.69, 9.17) is 9.47 Å². The van der Waals surface area contributed by atoms with Gasteiger partial charge in [0.05, 0.1) is 36.4 Å². The minimum absolute atomic E-state index is 0.0284. The number of carbonyl (C=O) groups excluding carboxylic acids is 2. The zero-order valence-electron chi connectivity index (χ0n) is 26.6. The number of methoxy groups -OCH3 is 1. The van der Waals surface area contributed by atoms with Crippen molar-refractivity contribution >= 4 is 23.4 Å². The summed E-state index contributed by atoms with van der Waals surface area (Å²) in [7, 11) is 1.58. The summed E-state index contributed by atoms with van der Waals surface area (Å²) in [5.74, 6) is 1.38. The average Bonchev–Trinajstić information content (AvgIpc) is 3.71. The molecule has 5 heterocycles. The number of rotatable bonds is 8. The lowest BCUT2D eigenvalue weighted by molar-refractivity contribution is -0.137. The van der Waals surface area contributed by atoms with Crippen LogP contribution in [-0.4, -0.2) is 94.9 Å². The van der Waals surface area contributed by atoms with E-state index in [1.807, 2.05) is 23.1 Å². The molecular weight excluding hydrogens is 623 g/mol. The highest BCUT2D eigenvalue weighted by atomic mass is 19.4. The van der Waals surface area contributed by atoms with Gasteiger partial charge in [-0.3, -0.25) is 18.9 Å². The van der Waals surface area contributed by atoms with E-state index in [1.165, 1.54) is 12.1 Å². The Hall–Kier alpha value is -4.84. The highest BCUT2D eigenvalue weighted by molar-refractivity contribution is 6.01. The Kier molecular flexibility index (Phi) is 8.59. The Labute approximate surface area is 276 Å². The largest absolute Gasteiger partial charge is 0.493 e. The molecule has 0 saturated carbocycles. The quantitative estimate of drug-likeness (QED) is 0.220. The lowest BCUT2D eigenvalue weighted by Gasteiger charge is -2.34. The van der Waals surface area contributed by atoms with Crippen molar-refractivity contribution in [3.05, 3.63) is 89.3 Å². The van der Waals surface area contributed by atoms with Crippen LogP contribution in [0.5, 0.6) is 11.5 Å². The number of carbonyl (C=O) groups is 2. The van der Waals surface area contributed by atoms with E-state index in [0.29, 0.717) is 66.8 Å². The number of benzene rings is 2. The maximum absolute atomic E-state index is 13.7. The molecule has 12 heteroatoms. The van der Waals surface area contributed by atoms with Gasteiger partial charge in [0.2, 0.25) is 0 Å². The summed E-state index contributed by atoms with van der Waals surface area (Å²) in [5.41, 5.74) is 2.10. The van der Waals surface area contributed by atoms with Gasteiger partial charge in [-0.05, 0) is 61.2 Å². The standard InChI is InChI=1S/C36H36F3N5O4/c1-47-30-23-28-25(10-13-27-6-4-16-43(27)34(28)45)22-31(30)48-21-5-14-41-17-19-42(20-18-41)35(46)32-29-7-2-3-15-44(29)33(40-32)24-8-11-26(12-9-24)36(37,38)39/h2-3,7-13,15,22-23,27H,4-6,14,16-21H2,1H3/t27-/m0/s1. The molecule has 4 aromatic rings. The number of alkyl halides is 3. The van der Waals surface area contributed by atoms with Crippen molar-refractivity contribution in [1.29, 1.82) is 0 Å². The average molecular weight is 660 g/mol. The second kappa shape index (κ2) is 13.0. The van der Waals surface area contributed by atoms with Crippen LogP contribution < -0.4 is 9.47 Å². The molecule has 0 bridgehead atoms. The molecule has 2 aromatic heterocycles. The molecular formula is C36H36F3N5O4. The van der Waals surface area contributed by atoms with Gasteiger partial charge in [0, 0.05) is 51.0 Å². The van der Waals surface area contributed by atoms with Gasteiger partial charge in [0.15, 0.2) is 17.2 Å². The number of ether oxygens (including phenoxy) is 2. The molecule has 9 nitrogen and oxygen atoms in total. The summed E-state index contributed by atoms with van der Waals surface area (Å²) in [6.45, 7) is 4.45. The highest BCUT2D eigenvalue weighted by Crippen LogP contribution is 2.36. The Morgan fingerprint density at radius 1 is 1.00 bits per heavy atom. The summed E-state index contributed by atoms with van der Waals surface area (Å²) >= 11 is 0. The third-order valence-corrected chi connectivity index (χ3v) is 9.38. The number of pyridine rings is 1. The smallest absolute Gasteiger partial charge is 0.416 e. The van der Waals surface area contributed by atoms with Crippen LogP contribution >= 0.6 is 0 Å². The summed E-state index contributed by atoms with van der Waals surface area (Å²) in [6, 6.07) is 14.0. The number of fused-ring (bicyclic) bond motifs is 3. The van der Waals surface area contributed by atoms with Crippen molar-refractivity contribution in [3.8, 4) is 22.9 Å². The number of hydrogen-bond acceptors (Lipinski definition) is 6. The van der Waals surface area contributed by atoms with Crippen LogP contribution in [0.15, 0.2) is 66.9 Å². The predicted octanol–water partition coefficient (Wildman–Crippen LogP) is 5.89. The van der Waals surface area contributed by atoms with E-state index in [0.717, 1.165) is 50.0 Å². The van der Waals surface area contributed by atoms with Gasteiger partial charge in [-0.15, -0.1) is 0 Å². The molecule has 0 radical (unpaired) electrons.